The molecule has 0 radical (unpaired) electrons. The van der Waals surface area contributed by atoms with Crippen molar-refractivity contribution in [3.63, 3.8) is 0 Å². The number of aliphatic hydroxyl groups is 1. The van der Waals surface area contributed by atoms with Gasteiger partial charge in [-0.25, -0.2) is 0 Å². The van der Waals surface area contributed by atoms with Gasteiger partial charge in [-0.3, -0.25) is 0 Å². The van der Waals surface area contributed by atoms with Crippen molar-refractivity contribution in [3.05, 3.63) is 35.9 Å². The molecule has 0 aromatic heterocycles. The van der Waals surface area contributed by atoms with E-state index in [9.17, 15) is 5.11 Å². The summed E-state index contributed by atoms with van der Waals surface area (Å²) in [5.74, 6) is -0.687. The molecule has 0 aliphatic carbocycles. The molecule has 1 aromatic carbocycles. The maximum absolute atomic E-state index is 10.3. The largest absolute Gasteiger partial charge is 0.385 e. The molecule has 3 rings (SSSR count). The standard InChI is InChI=1S/C15H20O5/c1-15(2)19-11-9-18-14(12(16)13(11)20-15)17-8-10-6-4-3-5-7-10/h3-7,11-14,16H,8-9H2,1-2H3/t11-,12-,13?,14+/m0/s1. The predicted octanol–water partition coefficient (Wildman–Crippen LogP) is 1.44. The predicted molar refractivity (Wildman–Crippen MR) is 70.8 cm³/mol. The molecular weight excluding hydrogens is 260 g/mol. The zero-order valence-corrected chi connectivity index (χ0v) is 11.7. The first kappa shape index (κ1) is 14.0. The van der Waals surface area contributed by atoms with Gasteiger partial charge in [0.05, 0.1) is 13.2 Å². The van der Waals surface area contributed by atoms with Gasteiger partial charge in [-0.15, -0.1) is 0 Å². The number of ether oxygens (including phenoxy) is 4. The summed E-state index contributed by atoms with van der Waals surface area (Å²) in [6.45, 7) is 4.42. The maximum atomic E-state index is 10.3. The van der Waals surface area contributed by atoms with Crippen LogP contribution in [-0.2, 0) is 25.6 Å². The third kappa shape index (κ3) is 2.87. The Morgan fingerprint density at radius 3 is 2.75 bits per heavy atom. The zero-order chi connectivity index (χ0) is 14.2. The lowest BCUT2D eigenvalue weighted by atomic mass is 10.1. The Labute approximate surface area is 118 Å². The highest BCUT2D eigenvalue weighted by Gasteiger charge is 2.50. The van der Waals surface area contributed by atoms with E-state index in [4.69, 9.17) is 18.9 Å². The molecule has 4 atom stereocenters. The second kappa shape index (κ2) is 5.42. The molecule has 2 aliphatic heterocycles. The van der Waals surface area contributed by atoms with E-state index in [0.717, 1.165) is 5.56 Å². The van der Waals surface area contributed by atoms with Crippen molar-refractivity contribution in [2.24, 2.45) is 0 Å². The third-order valence-electron chi connectivity index (χ3n) is 3.52. The average molecular weight is 280 g/mol. The van der Waals surface area contributed by atoms with Crippen LogP contribution in [0, 0.1) is 0 Å². The summed E-state index contributed by atoms with van der Waals surface area (Å²) in [6.07, 6.45) is -2.18. The Bertz CT molecular complexity index is 447. The highest BCUT2D eigenvalue weighted by molar-refractivity contribution is 5.13. The smallest absolute Gasteiger partial charge is 0.186 e. The Morgan fingerprint density at radius 2 is 2.00 bits per heavy atom. The van der Waals surface area contributed by atoms with Crippen molar-refractivity contribution in [1.82, 2.24) is 0 Å². The first-order valence-corrected chi connectivity index (χ1v) is 6.86. The molecule has 2 fully saturated rings. The molecule has 2 aliphatic rings. The third-order valence-corrected chi connectivity index (χ3v) is 3.52. The van der Waals surface area contributed by atoms with Crippen molar-refractivity contribution < 1.29 is 24.1 Å². The molecule has 2 saturated heterocycles. The van der Waals surface area contributed by atoms with Gasteiger partial charge in [-0.2, -0.15) is 0 Å². The van der Waals surface area contributed by atoms with Crippen molar-refractivity contribution in [1.29, 1.82) is 0 Å². The second-order valence-electron chi connectivity index (χ2n) is 5.63. The first-order chi connectivity index (χ1) is 9.55. The highest BCUT2D eigenvalue weighted by Crippen LogP contribution is 2.34. The van der Waals surface area contributed by atoms with Gasteiger partial charge in [-0.05, 0) is 19.4 Å². The Kier molecular flexibility index (Phi) is 3.79. The number of fused-ring (bicyclic) bond motifs is 1. The number of hydrogen-bond donors (Lipinski definition) is 1. The molecular formula is C15H20O5. The number of aliphatic hydroxyl groups excluding tert-OH is 1. The van der Waals surface area contributed by atoms with Gasteiger partial charge in [0.15, 0.2) is 12.1 Å². The zero-order valence-electron chi connectivity index (χ0n) is 11.7. The molecule has 20 heavy (non-hydrogen) atoms. The minimum Gasteiger partial charge on any atom is -0.385 e. The molecule has 0 bridgehead atoms. The fraction of sp³-hybridized carbons (Fsp3) is 0.600. The maximum Gasteiger partial charge on any atom is 0.186 e. The minimum atomic E-state index is -0.848. The Morgan fingerprint density at radius 1 is 1.25 bits per heavy atom. The first-order valence-electron chi connectivity index (χ1n) is 6.86. The SMILES string of the molecule is CC1(C)OC2[C@H](CO[C@@H](OCc3ccccc3)[C@H]2O)O1. The summed E-state index contributed by atoms with van der Waals surface area (Å²) in [7, 11) is 0. The molecule has 1 aromatic rings. The van der Waals surface area contributed by atoms with E-state index >= 15 is 0 Å². The summed E-state index contributed by atoms with van der Waals surface area (Å²) in [5.41, 5.74) is 1.04. The van der Waals surface area contributed by atoms with Gasteiger partial charge in [0.2, 0.25) is 0 Å². The van der Waals surface area contributed by atoms with Gasteiger partial charge in [0, 0.05) is 0 Å². The summed E-state index contributed by atoms with van der Waals surface area (Å²) in [6, 6.07) is 9.78. The Hall–Kier alpha value is -0.980. The molecule has 5 nitrogen and oxygen atoms in total. The van der Waals surface area contributed by atoms with Crippen molar-refractivity contribution >= 4 is 0 Å². The molecule has 1 unspecified atom stereocenters. The fourth-order valence-corrected chi connectivity index (χ4v) is 2.62. The van der Waals surface area contributed by atoms with Crippen LogP contribution in [0.2, 0.25) is 0 Å². The normalized spacial score (nSPS) is 35.8. The van der Waals surface area contributed by atoms with Crippen LogP contribution in [0.3, 0.4) is 0 Å². The molecule has 0 saturated carbocycles. The van der Waals surface area contributed by atoms with Crippen LogP contribution in [0.15, 0.2) is 30.3 Å². The van der Waals surface area contributed by atoms with Gasteiger partial charge >= 0.3 is 0 Å². The summed E-state index contributed by atoms with van der Waals surface area (Å²) >= 11 is 0. The van der Waals surface area contributed by atoms with Gasteiger partial charge in [0.1, 0.15) is 18.3 Å². The molecule has 0 amide bonds. The summed E-state index contributed by atoms with van der Waals surface area (Å²) < 4.78 is 22.6. The van der Waals surface area contributed by atoms with Crippen LogP contribution in [0.4, 0.5) is 0 Å². The molecule has 2 heterocycles. The lowest BCUT2D eigenvalue weighted by molar-refractivity contribution is -0.255. The van der Waals surface area contributed by atoms with E-state index in [1.807, 2.05) is 44.2 Å². The fourth-order valence-electron chi connectivity index (χ4n) is 2.62. The molecule has 1 N–H and O–H groups in total. The van der Waals surface area contributed by atoms with Crippen LogP contribution in [0.5, 0.6) is 0 Å². The van der Waals surface area contributed by atoms with E-state index in [-0.39, 0.29) is 6.10 Å². The number of hydrogen-bond acceptors (Lipinski definition) is 5. The van der Waals surface area contributed by atoms with Crippen LogP contribution >= 0.6 is 0 Å². The monoisotopic (exact) mass is 280 g/mol. The van der Waals surface area contributed by atoms with Crippen LogP contribution in [-0.4, -0.2) is 42.1 Å². The van der Waals surface area contributed by atoms with Gasteiger partial charge in [0.25, 0.3) is 0 Å². The van der Waals surface area contributed by atoms with Crippen molar-refractivity contribution in [2.45, 2.75) is 50.8 Å². The quantitative estimate of drug-likeness (QED) is 0.908. The van der Waals surface area contributed by atoms with E-state index in [1.54, 1.807) is 0 Å². The topological polar surface area (TPSA) is 57.2 Å². The number of rotatable bonds is 3. The summed E-state index contributed by atoms with van der Waals surface area (Å²) in [4.78, 5) is 0. The van der Waals surface area contributed by atoms with E-state index in [0.29, 0.717) is 13.2 Å². The van der Waals surface area contributed by atoms with Crippen LogP contribution < -0.4 is 0 Å². The average Bonchev–Trinajstić information content (AvgIpc) is 2.75. The molecule has 110 valence electrons. The van der Waals surface area contributed by atoms with E-state index in [1.165, 1.54) is 0 Å². The van der Waals surface area contributed by atoms with Crippen LogP contribution in [0.25, 0.3) is 0 Å². The van der Waals surface area contributed by atoms with E-state index in [2.05, 4.69) is 0 Å². The molecule has 5 heteroatoms. The summed E-state index contributed by atoms with van der Waals surface area (Å²) in [5, 5.41) is 10.3. The van der Waals surface area contributed by atoms with Crippen molar-refractivity contribution in [3.8, 4) is 0 Å². The lowest BCUT2D eigenvalue weighted by Gasteiger charge is -2.34. The van der Waals surface area contributed by atoms with Crippen molar-refractivity contribution in [2.75, 3.05) is 6.61 Å². The lowest BCUT2D eigenvalue weighted by Crippen LogP contribution is -2.52. The second-order valence-corrected chi connectivity index (χ2v) is 5.63. The molecule has 0 spiro atoms. The van der Waals surface area contributed by atoms with Gasteiger partial charge < -0.3 is 24.1 Å². The Balaban J connectivity index is 1.59. The highest BCUT2D eigenvalue weighted by atomic mass is 16.8. The van der Waals surface area contributed by atoms with Crippen LogP contribution in [0.1, 0.15) is 19.4 Å². The van der Waals surface area contributed by atoms with E-state index < -0.39 is 24.3 Å². The minimum absolute atomic E-state index is 0.239. The van der Waals surface area contributed by atoms with Gasteiger partial charge in [-0.1, -0.05) is 30.3 Å². The number of benzene rings is 1.